The number of carboxylic acid groups (broad SMARTS) is 1. The molecular formula is C31H34F3N5O5S. The highest BCUT2D eigenvalue weighted by atomic mass is 32.1. The van der Waals surface area contributed by atoms with Crippen molar-refractivity contribution in [3.63, 3.8) is 0 Å². The summed E-state index contributed by atoms with van der Waals surface area (Å²) in [6.07, 6.45) is 3.24. The molecule has 2 aromatic rings. The van der Waals surface area contributed by atoms with Crippen LogP contribution in [0.25, 0.3) is 0 Å². The molecule has 1 saturated carbocycles. The van der Waals surface area contributed by atoms with Gasteiger partial charge in [-0.05, 0) is 56.7 Å². The summed E-state index contributed by atoms with van der Waals surface area (Å²) in [5.41, 5.74) is 1.06. The highest BCUT2D eigenvalue weighted by Gasteiger charge is 2.63. The minimum atomic E-state index is -3.32. The number of thiazole rings is 1. The fourth-order valence-electron chi connectivity index (χ4n) is 7.12. The molecule has 0 bridgehead atoms. The smallest absolute Gasteiger partial charge is 0.338 e. The van der Waals surface area contributed by atoms with Gasteiger partial charge in [-0.2, -0.15) is 0 Å². The number of carboxylic acids is 1. The van der Waals surface area contributed by atoms with Crippen molar-refractivity contribution >= 4 is 35.0 Å². The van der Waals surface area contributed by atoms with E-state index in [0.29, 0.717) is 42.1 Å². The first-order valence-electron chi connectivity index (χ1n) is 15.0. The molecule has 10 nitrogen and oxygen atoms in total. The van der Waals surface area contributed by atoms with E-state index in [4.69, 9.17) is 9.73 Å². The Labute approximate surface area is 262 Å². The molecule has 0 unspecified atom stereocenters. The van der Waals surface area contributed by atoms with Crippen LogP contribution in [0.3, 0.4) is 0 Å². The van der Waals surface area contributed by atoms with Crippen LogP contribution < -0.4 is 5.32 Å². The summed E-state index contributed by atoms with van der Waals surface area (Å²) in [6, 6.07) is 2.36. The molecule has 0 radical (unpaired) electrons. The Kier molecular flexibility index (Phi) is 8.46. The third-order valence-corrected chi connectivity index (χ3v) is 10.1. The molecule has 1 amide bonds. The van der Waals surface area contributed by atoms with Gasteiger partial charge in [-0.25, -0.2) is 22.9 Å². The van der Waals surface area contributed by atoms with Gasteiger partial charge in [0.1, 0.15) is 17.8 Å². The van der Waals surface area contributed by atoms with Crippen LogP contribution in [0.5, 0.6) is 0 Å². The summed E-state index contributed by atoms with van der Waals surface area (Å²) in [6.45, 7) is 2.52. The molecule has 240 valence electrons. The number of rotatable bonds is 8. The second-order valence-electron chi connectivity index (χ2n) is 12.0. The number of amides is 1. The van der Waals surface area contributed by atoms with Gasteiger partial charge in [0.05, 0.1) is 24.6 Å². The van der Waals surface area contributed by atoms with Crippen molar-refractivity contribution in [2.75, 3.05) is 26.2 Å². The van der Waals surface area contributed by atoms with E-state index in [-0.39, 0.29) is 42.6 Å². The zero-order valence-corrected chi connectivity index (χ0v) is 25.7. The maximum Gasteiger partial charge on any atom is 0.338 e. The summed E-state index contributed by atoms with van der Waals surface area (Å²) < 4.78 is 51.4. The predicted octanol–water partition coefficient (Wildman–Crippen LogP) is 3.92. The van der Waals surface area contributed by atoms with Crippen LogP contribution in [-0.2, 0) is 19.1 Å². The molecule has 1 aromatic heterocycles. The number of esters is 1. The first-order valence-corrected chi connectivity index (χ1v) is 15.9. The Morgan fingerprint density at radius 3 is 2.64 bits per heavy atom. The average Bonchev–Trinajstić information content (AvgIpc) is 3.72. The van der Waals surface area contributed by atoms with Gasteiger partial charge < -0.3 is 20.1 Å². The van der Waals surface area contributed by atoms with Crippen molar-refractivity contribution in [3.05, 3.63) is 63.0 Å². The second-order valence-corrected chi connectivity index (χ2v) is 12.8. The molecule has 4 aliphatic rings. The number of carbonyl (C=O) groups is 3. The topological polar surface area (TPSA) is 124 Å². The van der Waals surface area contributed by atoms with Crippen LogP contribution in [-0.4, -0.2) is 87.8 Å². The van der Waals surface area contributed by atoms with Crippen molar-refractivity contribution in [2.45, 2.75) is 63.6 Å². The SMILES string of the molecule is CCOC(=O)C1=C(CN2CC(F)(F)[C@@H]3C(=O)N(C4CCC(C(=O)O)CC4)C[C@@H]32)NC(c2nccs2)=N[C@H]1c1cccc(F)c1C. The molecule has 1 aromatic carbocycles. The van der Waals surface area contributed by atoms with E-state index in [1.54, 1.807) is 31.5 Å². The molecule has 3 atom stereocenters. The molecule has 45 heavy (non-hydrogen) atoms. The van der Waals surface area contributed by atoms with Gasteiger partial charge in [-0.1, -0.05) is 12.1 Å². The van der Waals surface area contributed by atoms with Crippen LogP contribution in [0.2, 0.25) is 0 Å². The maximum atomic E-state index is 15.6. The van der Waals surface area contributed by atoms with Crippen molar-refractivity contribution in [2.24, 2.45) is 16.8 Å². The fraction of sp³-hybridized carbons (Fsp3) is 0.516. The minimum absolute atomic E-state index is 0.0492. The molecule has 6 rings (SSSR count). The highest BCUT2D eigenvalue weighted by molar-refractivity contribution is 7.11. The molecule has 2 N–H and O–H groups in total. The van der Waals surface area contributed by atoms with E-state index in [9.17, 15) is 23.9 Å². The van der Waals surface area contributed by atoms with E-state index in [1.165, 1.54) is 33.3 Å². The number of hydrogen-bond acceptors (Lipinski definition) is 9. The number of likely N-dealkylation sites (tertiary alicyclic amines) is 2. The van der Waals surface area contributed by atoms with Crippen molar-refractivity contribution in [3.8, 4) is 0 Å². The predicted molar refractivity (Wildman–Crippen MR) is 158 cm³/mol. The lowest BCUT2D eigenvalue weighted by Crippen LogP contribution is -2.46. The van der Waals surface area contributed by atoms with E-state index in [2.05, 4.69) is 10.3 Å². The molecule has 3 fully saturated rings. The number of carbonyl (C=O) groups excluding carboxylic acids is 2. The van der Waals surface area contributed by atoms with Crippen LogP contribution in [0.15, 0.2) is 46.0 Å². The number of aromatic nitrogens is 1. The zero-order chi connectivity index (χ0) is 32.0. The van der Waals surface area contributed by atoms with E-state index < -0.39 is 60.0 Å². The van der Waals surface area contributed by atoms with Gasteiger partial charge in [0.2, 0.25) is 5.91 Å². The van der Waals surface area contributed by atoms with Gasteiger partial charge >= 0.3 is 11.9 Å². The molecule has 1 aliphatic carbocycles. The van der Waals surface area contributed by atoms with E-state index in [0.717, 1.165) is 0 Å². The number of alkyl halides is 2. The van der Waals surface area contributed by atoms with E-state index >= 15 is 8.78 Å². The zero-order valence-electron chi connectivity index (χ0n) is 24.8. The summed E-state index contributed by atoms with van der Waals surface area (Å²) >= 11 is 1.29. The number of halogens is 3. The van der Waals surface area contributed by atoms with Crippen molar-refractivity contribution in [1.29, 1.82) is 0 Å². The normalized spacial score (nSPS) is 28.1. The summed E-state index contributed by atoms with van der Waals surface area (Å²) in [4.78, 5) is 50.5. The van der Waals surface area contributed by atoms with E-state index in [1.807, 2.05) is 0 Å². The summed E-state index contributed by atoms with van der Waals surface area (Å²) in [5.74, 6) is -7.76. The number of nitrogens with one attached hydrogen (secondary N) is 1. The number of fused-ring (bicyclic) bond motifs is 1. The standard InChI is InChI=1S/C31H34F3N5O5S/c1-3-44-30(43)23-21(36-26(27-35-11-12-45-27)37-25(23)19-5-4-6-20(32)16(19)2)13-38-15-31(33,34)24-22(38)14-39(28(24)40)18-9-7-17(8-10-18)29(41)42/h4-6,11-12,17-18,22,24-25H,3,7-10,13-15H2,1-2H3,(H,36,37)(H,41,42)/t17?,18?,22-,24-,25-/m0/s1. The number of benzene rings is 1. The Morgan fingerprint density at radius 2 is 1.98 bits per heavy atom. The highest BCUT2D eigenvalue weighted by Crippen LogP contribution is 2.46. The molecule has 4 heterocycles. The van der Waals surface area contributed by atoms with Crippen LogP contribution in [0.4, 0.5) is 13.2 Å². The lowest BCUT2D eigenvalue weighted by molar-refractivity contribution is -0.145. The molecular weight excluding hydrogens is 611 g/mol. The first-order chi connectivity index (χ1) is 21.5. The largest absolute Gasteiger partial charge is 0.481 e. The Hall–Kier alpha value is -3.78. The lowest BCUT2D eigenvalue weighted by Gasteiger charge is -2.35. The first kappa shape index (κ1) is 31.2. The average molecular weight is 646 g/mol. The number of nitrogens with zero attached hydrogens (tertiary/aromatic N) is 4. The van der Waals surface area contributed by atoms with Gasteiger partial charge in [0.15, 0.2) is 10.8 Å². The van der Waals surface area contributed by atoms with Crippen LogP contribution in [0, 0.1) is 24.6 Å². The number of hydrogen-bond donors (Lipinski definition) is 2. The van der Waals surface area contributed by atoms with Gasteiger partial charge in [-0.15, -0.1) is 11.3 Å². The van der Waals surface area contributed by atoms with Gasteiger partial charge in [0, 0.05) is 42.4 Å². The lowest BCUT2D eigenvalue weighted by atomic mass is 9.85. The monoisotopic (exact) mass is 645 g/mol. The Morgan fingerprint density at radius 1 is 1.22 bits per heavy atom. The third kappa shape index (κ3) is 5.73. The Balaban J connectivity index is 1.35. The number of aliphatic imine (C=N–C) groups is 1. The van der Waals surface area contributed by atoms with Crippen molar-refractivity contribution in [1.82, 2.24) is 20.1 Å². The molecule has 2 saturated heterocycles. The third-order valence-electron chi connectivity index (χ3n) is 9.36. The minimum Gasteiger partial charge on any atom is -0.481 e. The fourth-order valence-corrected chi connectivity index (χ4v) is 7.71. The maximum absolute atomic E-state index is 15.6. The second kappa shape index (κ2) is 12.2. The van der Waals surface area contributed by atoms with Gasteiger partial charge in [-0.3, -0.25) is 19.5 Å². The quantitative estimate of drug-likeness (QED) is 0.414. The molecule has 3 aliphatic heterocycles. The number of aliphatic carboxylic acids is 1. The molecule has 14 heteroatoms. The van der Waals surface area contributed by atoms with Crippen LogP contribution >= 0.6 is 11.3 Å². The summed E-state index contributed by atoms with van der Waals surface area (Å²) in [7, 11) is 0. The number of amidine groups is 1. The number of ether oxygens (including phenoxy) is 1. The summed E-state index contributed by atoms with van der Waals surface area (Å²) in [5, 5.41) is 14.8. The van der Waals surface area contributed by atoms with Gasteiger partial charge in [0.25, 0.3) is 5.92 Å². The Bertz CT molecular complexity index is 1560. The van der Waals surface area contributed by atoms with Crippen molar-refractivity contribution < 1.29 is 37.4 Å². The molecule has 0 spiro atoms. The van der Waals surface area contributed by atoms with Crippen LogP contribution in [0.1, 0.15) is 54.8 Å².